The average Bonchev–Trinajstić information content (AvgIpc) is 3.39. The van der Waals surface area contributed by atoms with E-state index in [0.29, 0.717) is 12.2 Å². The third kappa shape index (κ3) is 4.06. The van der Waals surface area contributed by atoms with Gasteiger partial charge in [0, 0.05) is 56.4 Å². The molecule has 0 atom stereocenters. The minimum Gasteiger partial charge on any atom is -0.350 e. The number of nitrogens with one attached hydrogen (secondary N) is 1. The van der Waals surface area contributed by atoms with Gasteiger partial charge >= 0.3 is 0 Å². The molecule has 0 aliphatic carbocycles. The van der Waals surface area contributed by atoms with Crippen molar-refractivity contribution in [2.75, 3.05) is 24.5 Å². The van der Waals surface area contributed by atoms with Crippen LogP contribution in [0.2, 0.25) is 0 Å². The molecule has 1 saturated heterocycles. The molecule has 1 N–H and O–H groups in total. The predicted molar refractivity (Wildman–Crippen MR) is 110 cm³/mol. The molecule has 4 rings (SSSR count). The Bertz CT molecular complexity index is 927. The molecule has 1 amide bonds. The van der Waals surface area contributed by atoms with E-state index in [2.05, 4.69) is 32.3 Å². The molecule has 0 unspecified atom stereocenters. The summed E-state index contributed by atoms with van der Waals surface area (Å²) in [6, 6.07) is 12.0. The number of benzene rings is 1. The normalized spacial score (nSPS) is 13.7. The first kappa shape index (κ1) is 18.2. The number of nitrogens with zero attached hydrogens (tertiary/aromatic N) is 4. The van der Waals surface area contributed by atoms with E-state index in [0.717, 1.165) is 36.6 Å². The molecule has 1 aromatic carbocycles. The van der Waals surface area contributed by atoms with Crippen LogP contribution in [0.5, 0.6) is 0 Å². The third-order valence-corrected chi connectivity index (χ3v) is 5.14. The minimum atomic E-state index is -0.0701. The zero-order valence-electron chi connectivity index (χ0n) is 16.1. The highest BCUT2D eigenvalue weighted by Gasteiger charge is 2.16. The van der Waals surface area contributed by atoms with Gasteiger partial charge in [0.2, 0.25) is 5.95 Å². The average molecular weight is 375 g/mol. The fraction of sp³-hybridized carbons (Fsp3) is 0.318. The number of rotatable bonds is 6. The van der Waals surface area contributed by atoms with E-state index in [4.69, 9.17) is 0 Å². The fourth-order valence-electron chi connectivity index (χ4n) is 3.55. The highest BCUT2D eigenvalue weighted by atomic mass is 16.1. The van der Waals surface area contributed by atoms with Crippen LogP contribution in [0.1, 0.15) is 28.9 Å². The van der Waals surface area contributed by atoms with Gasteiger partial charge in [-0.1, -0.05) is 30.3 Å². The lowest BCUT2D eigenvalue weighted by Gasteiger charge is -2.14. The first-order valence-corrected chi connectivity index (χ1v) is 9.76. The Morgan fingerprint density at radius 2 is 1.79 bits per heavy atom. The van der Waals surface area contributed by atoms with Crippen molar-refractivity contribution < 1.29 is 4.79 Å². The van der Waals surface area contributed by atoms with Crippen LogP contribution in [0, 0.1) is 0 Å². The van der Waals surface area contributed by atoms with E-state index in [9.17, 15) is 4.79 Å². The molecular weight excluding hydrogens is 350 g/mol. The lowest BCUT2D eigenvalue weighted by molar-refractivity contribution is 0.0946. The Kier molecular flexibility index (Phi) is 5.37. The van der Waals surface area contributed by atoms with Crippen LogP contribution in [0.15, 0.2) is 55.0 Å². The first-order chi connectivity index (χ1) is 13.7. The molecule has 1 aliphatic rings. The summed E-state index contributed by atoms with van der Waals surface area (Å²) in [5.74, 6) is 0.718. The van der Waals surface area contributed by atoms with Gasteiger partial charge in [0.05, 0.1) is 0 Å². The summed E-state index contributed by atoms with van der Waals surface area (Å²) in [7, 11) is 1.88. The van der Waals surface area contributed by atoms with Crippen LogP contribution < -0.4 is 10.2 Å². The van der Waals surface area contributed by atoms with Crippen LogP contribution in [0.3, 0.4) is 0 Å². The van der Waals surface area contributed by atoms with Crippen molar-refractivity contribution in [3.63, 3.8) is 0 Å². The summed E-state index contributed by atoms with van der Waals surface area (Å²) in [5.41, 5.74) is 3.71. The summed E-state index contributed by atoms with van der Waals surface area (Å²) in [5, 5.41) is 3.00. The number of hydrogen-bond acceptors (Lipinski definition) is 4. The molecule has 0 bridgehead atoms. The molecule has 0 radical (unpaired) electrons. The van der Waals surface area contributed by atoms with Gasteiger partial charge in [-0.3, -0.25) is 4.79 Å². The second-order valence-corrected chi connectivity index (χ2v) is 7.18. The highest BCUT2D eigenvalue weighted by molar-refractivity contribution is 5.94. The summed E-state index contributed by atoms with van der Waals surface area (Å²) in [6.07, 6.45) is 8.84. The number of amides is 1. The summed E-state index contributed by atoms with van der Waals surface area (Å²) < 4.78 is 1.85. The highest BCUT2D eigenvalue weighted by Crippen LogP contribution is 2.22. The molecule has 3 aromatic rings. The largest absolute Gasteiger partial charge is 0.350 e. The van der Waals surface area contributed by atoms with Crippen molar-refractivity contribution in [2.24, 2.45) is 7.05 Å². The molecule has 6 heteroatoms. The van der Waals surface area contributed by atoms with E-state index >= 15 is 0 Å². The molecule has 28 heavy (non-hydrogen) atoms. The quantitative estimate of drug-likeness (QED) is 0.719. The maximum Gasteiger partial charge on any atom is 0.267 e. The number of carbonyl (C=O) groups is 1. The number of aryl methyl sites for hydroxylation is 1. The van der Waals surface area contributed by atoms with Crippen LogP contribution in [0.25, 0.3) is 11.1 Å². The van der Waals surface area contributed by atoms with Gasteiger partial charge in [-0.15, -0.1) is 0 Å². The standard InChI is InChI=1S/C22H25N5O/c1-26-16-18(19-14-24-22(25-15-19)27-11-5-6-12-27)13-20(26)21(28)23-10-9-17-7-3-2-4-8-17/h2-4,7-8,13-16H,5-6,9-12H2,1H3,(H,23,28). The summed E-state index contributed by atoms with van der Waals surface area (Å²) >= 11 is 0. The third-order valence-electron chi connectivity index (χ3n) is 5.14. The van der Waals surface area contributed by atoms with Crippen LogP contribution >= 0.6 is 0 Å². The first-order valence-electron chi connectivity index (χ1n) is 9.76. The van der Waals surface area contributed by atoms with Gasteiger partial charge in [-0.05, 0) is 30.9 Å². The van der Waals surface area contributed by atoms with Crippen molar-refractivity contribution >= 4 is 11.9 Å². The number of anilines is 1. The Hall–Kier alpha value is -3.15. The van der Waals surface area contributed by atoms with E-state index in [1.807, 2.05) is 54.5 Å². The van der Waals surface area contributed by atoms with Gasteiger partial charge in [-0.2, -0.15) is 0 Å². The molecule has 1 aliphatic heterocycles. The second-order valence-electron chi connectivity index (χ2n) is 7.18. The number of aromatic nitrogens is 3. The lowest BCUT2D eigenvalue weighted by Crippen LogP contribution is -2.27. The van der Waals surface area contributed by atoms with Crippen LogP contribution in [-0.4, -0.2) is 40.1 Å². The maximum absolute atomic E-state index is 12.6. The Morgan fingerprint density at radius 1 is 1.07 bits per heavy atom. The Balaban J connectivity index is 1.40. The van der Waals surface area contributed by atoms with Gasteiger partial charge in [0.15, 0.2) is 0 Å². The summed E-state index contributed by atoms with van der Waals surface area (Å²) in [4.78, 5) is 23.8. The van der Waals surface area contributed by atoms with Crippen molar-refractivity contribution in [1.82, 2.24) is 19.9 Å². The smallest absolute Gasteiger partial charge is 0.267 e. The van der Waals surface area contributed by atoms with Crippen molar-refractivity contribution in [1.29, 1.82) is 0 Å². The van der Waals surface area contributed by atoms with Crippen molar-refractivity contribution in [2.45, 2.75) is 19.3 Å². The second kappa shape index (κ2) is 8.25. The molecule has 144 valence electrons. The van der Waals surface area contributed by atoms with Gasteiger partial charge in [0.1, 0.15) is 5.69 Å². The van der Waals surface area contributed by atoms with E-state index in [-0.39, 0.29) is 5.91 Å². The SMILES string of the molecule is Cn1cc(-c2cnc(N3CCCC3)nc2)cc1C(=O)NCCc1ccccc1. The molecule has 0 spiro atoms. The molecular formula is C22H25N5O. The van der Waals surface area contributed by atoms with Crippen molar-refractivity contribution in [3.05, 3.63) is 66.2 Å². The fourth-order valence-corrected chi connectivity index (χ4v) is 3.55. The summed E-state index contributed by atoms with van der Waals surface area (Å²) in [6.45, 7) is 2.66. The molecule has 1 fully saturated rings. The topological polar surface area (TPSA) is 63.1 Å². The monoisotopic (exact) mass is 375 g/mol. The van der Waals surface area contributed by atoms with Gasteiger partial charge in [0.25, 0.3) is 5.91 Å². The van der Waals surface area contributed by atoms with E-state index in [1.165, 1.54) is 18.4 Å². The minimum absolute atomic E-state index is 0.0701. The Labute approximate surface area is 165 Å². The van der Waals surface area contributed by atoms with Gasteiger partial charge in [-0.25, -0.2) is 9.97 Å². The zero-order valence-corrected chi connectivity index (χ0v) is 16.1. The van der Waals surface area contributed by atoms with Crippen LogP contribution in [-0.2, 0) is 13.5 Å². The number of hydrogen-bond donors (Lipinski definition) is 1. The van der Waals surface area contributed by atoms with Gasteiger partial charge < -0.3 is 14.8 Å². The van der Waals surface area contributed by atoms with E-state index < -0.39 is 0 Å². The Morgan fingerprint density at radius 3 is 2.50 bits per heavy atom. The number of carbonyl (C=O) groups excluding carboxylic acids is 1. The predicted octanol–water partition coefficient (Wildman–Crippen LogP) is 3.05. The zero-order chi connectivity index (χ0) is 19.3. The molecule has 0 saturated carbocycles. The molecule has 3 heterocycles. The molecule has 2 aromatic heterocycles. The molecule has 6 nitrogen and oxygen atoms in total. The van der Waals surface area contributed by atoms with Crippen molar-refractivity contribution in [3.8, 4) is 11.1 Å². The van der Waals surface area contributed by atoms with E-state index in [1.54, 1.807) is 0 Å². The lowest BCUT2D eigenvalue weighted by atomic mass is 10.1. The van der Waals surface area contributed by atoms with Crippen LogP contribution in [0.4, 0.5) is 5.95 Å². The maximum atomic E-state index is 12.6.